The number of aromatic amines is 1. The highest BCUT2D eigenvalue weighted by atomic mass is 16.5. The fourth-order valence-corrected chi connectivity index (χ4v) is 2.84. The number of nitrogens with one attached hydrogen (secondary N) is 1. The summed E-state index contributed by atoms with van der Waals surface area (Å²) in [7, 11) is 0. The molecule has 1 aliphatic rings. The molecular formula is C19H25N5O2. The molecule has 0 spiro atoms. The van der Waals surface area contributed by atoms with E-state index >= 15 is 0 Å². The summed E-state index contributed by atoms with van der Waals surface area (Å²) in [5.41, 5.74) is 2.64. The van der Waals surface area contributed by atoms with E-state index in [4.69, 9.17) is 4.74 Å². The minimum atomic E-state index is -0.280. The Balaban J connectivity index is 0.000000948. The van der Waals surface area contributed by atoms with E-state index in [1.54, 1.807) is 6.20 Å². The van der Waals surface area contributed by atoms with Gasteiger partial charge in [-0.25, -0.2) is 0 Å². The SMILES string of the molecule is CC.CC(C)Oc1ccc2[nH]nc(-c3cnnc(N4CC(O)C4)c3)c2c1. The third-order valence-electron chi connectivity index (χ3n) is 4.01. The van der Waals surface area contributed by atoms with Crippen LogP contribution in [0, 0.1) is 0 Å². The van der Waals surface area contributed by atoms with Gasteiger partial charge >= 0.3 is 0 Å². The lowest BCUT2D eigenvalue weighted by Gasteiger charge is -2.36. The summed E-state index contributed by atoms with van der Waals surface area (Å²) in [6, 6.07) is 7.83. The fourth-order valence-electron chi connectivity index (χ4n) is 2.84. The molecule has 1 aromatic carbocycles. The molecular weight excluding hydrogens is 330 g/mol. The number of fused-ring (bicyclic) bond motifs is 1. The van der Waals surface area contributed by atoms with Crippen molar-refractivity contribution in [3.05, 3.63) is 30.5 Å². The molecule has 1 fully saturated rings. The maximum atomic E-state index is 9.46. The highest BCUT2D eigenvalue weighted by molar-refractivity contribution is 5.93. The third-order valence-corrected chi connectivity index (χ3v) is 4.01. The van der Waals surface area contributed by atoms with E-state index in [-0.39, 0.29) is 12.2 Å². The number of aliphatic hydroxyl groups excluding tert-OH is 1. The van der Waals surface area contributed by atoms with Crippen LogP contribution in [0.2, 0.25) is 0 Å². The van der Waals surface area contributed by atoms with Gasteiger partial charge in [-0.3, -0.25) is 5.10 Å². The van der Waals surface area contributed by atoms with E-state index in [1.165, 1.54) is 0 Å². The van der Waals surface area contributed by atoms with Gasteiger partial charge in [-0.1, -0.05) is 13.8 Å². The van der Waals surface area contributed by atoms with Crippen LogP contribution in [0.25, 0.3) is 22.2 Å². The van der Waals surface area contributed by atoms with Crippen LogP contribution < -0.4 is 9.64 Å². The summed E-state index contributed by atoms with van der Waals surface area (Å²) in [4.78, 5) is 1.99. The summed E-state index contributed by atoms with van der Waals surface area (Å²) in [5.74, 6) is 1.57. The molecule has 4 rings (SSSR count). The van der Waals surface area contributed by atoms with Gasteiger partial charge in [-0.05, 0) is 38.1 Å². The smallest absolute Gasteiger partial charge is 0.152 e. The lowest BCUT2D eigenvalue weighted by Crippen LogP contribution is -2.51. The molecule has 0 amide bonds. The van der Waals surface area contributed by atoms with Gasteiger partial charge in [0.15, 0.2) is 5.82 Å². The molecule has 1 saturated heterocycles. The second kappa shape index (κ2) is 7.70. The van der Waals surface area contributed by atoms with E-state index in [2.05, 4.69) is 20.4 Å². The predicted octanol–water partition coefficient (Wildman–Crippen LogP) is 3.01. The third kappa shape index (κ3) is 3.62. The van der Waals surface area contributed by atoms with E-state index in [0.29, 0.717) is 13.1 Å². The molecule has 2 N–H and O–H groups in total. The lowest BCUT2D eigenvalue weighted by atomic mass is 10.1. The molecule has 0 radical (unpaired) electrons. The van der Waals surface area contributed by atoms with Crippen molar-refractivity contribution in [3.8, 4) is 17.0 Å². The molecule has 7 heteroatoms. The average molecular weight is 355 g/mol. The molecule has 1 aliphatic heterocycles. The number of aromatic nitrogens is 4. The number of ether oxygens (including phenoxy) is 1. The number of rotatable bonds is 4. The summed E-state index contributed by atoms with van der Waals surface area (Å²) in [6.45, 7) is 9.18. The standard InChI is InChI=1S/C17H19N5O2.C2H6/c1-10(2)24-13-3-4-15-14(6-13)17(21-19-15)11-5-16(20-18-7-11)22-8-12(23)9-22;1-2/h3-7,10,12,23H,8-9H2,1-2H3,(H,19,21);1-2H3. The number of β-amino-alcohol motifs (C(OH)–C–C–N with tert-alkyl or cyclic N) is 1. The molecule has 0 bridgehead atoms. The van der Waals surface area contributed by atoms with Gasteiger partial charge in [-0.2, -0.15) is 10.2 Å². The number of aliphatic hydroxyl groups is 1. The first-order valence-electron chi connectivity index (χ1n) is 9.01. The van der Waals surface area contributed by atoms with Gasteiger partial charge < -0.3 is 14.7 Å². The molecule has 3 heterocycles. The molecule has 0 atom stereocenters. The van der Waals surface area contributed by atoms with E-state index in [9.17, 15) is 5.11 Å². The molecule has 138 valence electrons. The fraction of sp³-hybridized carbons (Fsp3) is 0.421. The van der Waals surface area contributed by atoms with Crippen LogP contribution in [0.4, 0.5) is 5.82 Å². The highest BCUT2D eigenvalue weighted by Crippen LogP contribution is 2.31. The van der Waals surface area contributed by atoms with Gasteiger partial charge in [0.2, 0.25) is 0 Å². The molecule has 0 saturated carbocycles. The topological polar surface area (TPSA) is 87.2 Å². The quantitative estimate of drug-likeness (QED) is 0.748. The van der Waals surface area contributed by atoms with Gasteiger partial charge in [0.05, 0.1) is 23.9 Å². The molecule has 2 aromatic heterocycles. The Morgan fingerprint density at radius 2 is 2.00 bits per heavy atom. The molecule has 3 aromatic rings. The second-order valence-corrected chi connectivity index (χ2v) is 6.31. The van der Waals surface area contributed by atoms with Crippen molar-refractivity contribution in [2.45, 2.75) is 39.9 Å². The zero-order chi connectivity index (χ0) is 18.7. The highest BCUT2D eigenvalue weighted by Gasteiger charge is 2.26. The number of H-pyrrole nitrogens is 1. The van der Waals surface area contributed by atoms with Crippen LogP contribution in [-0.4, -0.2) is 50.8 Å². The Morgan fingerprint density at radius 1 is 1.23 bits per heavy atom. The second-order valence-electron chi connectivity index (χ2n) is 6.31. The zero-order valence-electron chi connectivity index (χ0n) is 15.6. The van der Waals surface area contributed by atoms with Gasteiger partial charge in [0, 0.05) is 24.0 Å². The van der Waals surface area contributed by atoms with E-state index in [1.807, 2.05) is 56.9 Å². The van der Waals surface area contributed by atoms with Crippen molar-refractivity contribution in [1.82, 2.24) is 20.4 Å². The number of nitrogens with zero attached hydrogens (tertiary/aromatic N) is 4. The van der Waals surface area contributed by atoms with Gasteiger partial charge in [0.1, 0.15) is 11.4 Å². The van der Waals surface area contributed by atoms with Crippen LogP contribution in [0.1, 0.15) is 27.7 Å². The monoisotopic (exact) mass is 355 g/mol. The van der Waals surface area contributed by atoms with Crippen molar-refractivity contribution < 1.29 is 9.84 Å². The first-order valence-corrected chi connectivity index (χ1v) is 9.01. The summed E-state index contributed by atoms with van der Waals surface area (Å²) < 4.78 is 5.78. The normalized spacial score (nSPS) is 14.2. The molecule has 0 unspecified atom stereocenters. The largest absolute Gasteiger partial charge is 0.491 e. The molecule has 0 aliphatic carbocycles. The molecule has 7 nitrogen and oxygen atoms in total. The minimum absolute atomic E-state index is 0.116. The maximum Gasteiger partial charge on any atom is 0.152 e. The number of anilines is 1. The van der Waals surface area contributed by atoms with Crippen molar-refractivity contribution in [2.24, 2.45) is 0 Å². The van der Waals surface area contributed by atoms with Crippen molar-refractivity contribution in [1.29, 1.82) is 0 Å². The van der Waals surface area contributed by atoms with Crippen LogP contribution in [0.5, 0.6) is 5.75 Å². The van der Waals surface area contributed by atoms with Crippen molar-refractivity contribution in [2.75, 3.05) is 18.0 Å². The Bertz CT molecular complexity index is 871. The lowest BCUT2D eigenvalue weighted by molar-refractivity contribution is 0.141. The van der Waals surface area contributed by atoms with Crippen LogP contribution in [-0.2, 0) is 0 Å². The number of benzene rings is 1. The van der Waals surface area contributed by atoms with Crippen LogP contribution in [0.3, 0.4) is 0 Å². The Kier molecular flexibility index (Phi) is 5.37. The van der Waals surface area contributed by atoms with Crippen molar-refractivity contribution in [3.63, 3.8) is 0 Å². The summed E-state index contributed by atoms with van der Waals surface area (Å²) >= 11 is 0. The Hall–Kier alpha value is -2.67. The first-order chi connectivity index (χ1) is 12.6. The van der Waals surface area contributed by atoms with Gasteiger partial charge in [-0.15, -0.1) is 5.10 Å². The van der Waals surface area contributed by atoms with Crippen LogP contribution >= 0.6 is 0 Å². The zero-order valence-corrected chi connectivity index (χ0v) is 15.6. The average Bonchev–Trinajstić information content (AvgIpc) is 3.03. The number of hydrogen-bond acceptors (Lipinski definition) is 6. The maximum absolute atomic E-state index is 9.46. The van der Waals surface area contributed by atoms with Gasteiger partial charge in [0.25, 0.3) is 0 Å². The summed E-state index contributed by atoms with van der Waals surface area (Å²) in [5, 5.41) is 26.1. The molecule has 26 heavy (non-hydrogen) atoms. The van der Waals surface area contributed by atoms with E-state index in [0.717, 1.165) is 33.7 Å². The number of hydrogen-bond donors (Lipinski definition) is 2. The Labute approximate surface area is 153 Å². The predicted molar refractivity (Wildman–Crippen MR) is 102 cm³/mol. The summed E-state index contributed by atoms with van der Waals surface area (Å²) in [6.07, 6.45) is 1.54. The Morgan fingerprint density at radius 3 is 2.69 bits per heavy atom. The van der Waals surface area contributed by atoms with Crippen LogP contribution in [0.15, 0.2) is 30.5 Å². The first kappa shape index (κ1) is 18.1. The van der Waals surface area contributed by atoms with Crippen molar-refractivity contribution >= 4 is 16.7 Å². The van der Waals surface area contributed by atoms with E-state index < -0.39 is 0 Å². The minimum Gasteiger partial charge on any atom is -0.491 e.